The van der Waals surface area contributed by atoms with E-state index in [0.29, 0.717) is 55.7 Å². The number of fused-ring (bicyclic) bond motifs is 1. The van der Waals surface area contributed by atoms with E-state index in [1.807, 2.05) is 53.0 Å². The van der Waals surface area contributed by atoms with Gasteiger partial charge >= 0.3 is 6.09 Å². The number of ether oxygens (including phenoxy) is 1. The number of aromatic nitrogens is 5. The second-order valence-electron chi connectivity index (χ2n) is 14.1. The summed E-state index contributed by atoms with van der Waals surface area (Å²) in [6, 6.07) is 3.85. The molecule has 2 amide bonds. The number of anilines is 4. The standard InChI is InChI=1S/C35H49N11O3/c1-23-28(19-25(20-37-23)32(47)36-14-13-24-9-7-6-8-10-24)41-30-27-22-39-33(42-31(27)44(5)43-30)40-26-11-12-29(38-21-26)45-15-17-46(18-16-45)34(48)49-35(2,3)4/h11-12,19-24,37H,6-10,13-18H2,1-5H3,(H,36,47)(H,41,43)(H,39,40,42). The lowest BCUT2D eigenvalue weighted by atomic mass is 9.87. The molecule has 14 nitrogen and oxygen atoms in total. The van der Waals surface area contributed by atoms with E-state index < -0.39 is 5.60 Å². The molecule has 6 rings (SSSR count). The van der Waals surface area contributed by atoms with E-state index in [1.165, 1.54) is 32.1 Å². The van der Waals surface area contributed by atoms with Gasteiger partial charge < -0.3 is 35.8 Å². The zero-order valence-electron chi connectivity index (χ0n) is 29.3. The number of rotatable bonds is 9. The van der Waals surface area contributed by atoms with Gasteiger partial charge in [-0.25, -0.2) is 19.4 Å². The lowest BCUT2D eigenvalue weighted by Gasteiger charge is -2.36. The molecule has 3 aromatic rings. The van der Waals surface area contributed by atoms with Crippen molar-refractivity contribution in [1.82, 2.24) is 40.3 Å². The molecule has 1 aliphatic carbocycles. The maximum Gasteiger partial charge on any atom is 0.410 e. The van der Waals surface area contributed by atoms with Gasteiger partial charge in [-0.2, -0.15) is 10.1 Å². The van der Waals surface area contributed by atoms with Crippen LogP contribution in [-0.4, -0.2) is 86.0 Å². The zero-order valence-corrected chi connectivity index (χ0v) is 29.3. The number of pyridine rings is 1. The predicted octanol–water partition coefficient (Wildman–Crippen LogP) is 4.82. The summed E-state index contributed by atoms with van der Waals surface area (Å²) in [5.74, 6) is 2.51. The summed E-state index contributed by atoms with van der Waals surface area (Å²) >= 11 is 0. The Morgan fingerprint density at radius 3 is 2.51 bits per heavy atom. The third-order valence-electron chi connectivity index (χ3n) is 9.19. The number of nitrogens with one attached hydrogen (secondary N) is 4. The lowest BCUT2D eigenvalue weighted by Crippen LogP contribution is -2.50. The summed E-state index contributed by atoms with van der Waals surface area (Å²) < 4.78 is 7.21. The number of nitrogens with zero attached hydrogens (tertiary/aromatic N) is 7. The largest absolute Gasteiger partial charge is 0.444 e. The summed E-state index contributed by atoms with van der Waals surface area (Å²) in [4.78, 5) is 43.2. The van der Waals surface area contributed by atoms with Crippen LogP contribution in [0.4, 0.5) is 28.1 Å². The highest BCUT2D eigenvalue weighted by molar-refractivity contribution is 5.97. The van der Waals surface area contributed by atoms with Gasteiger partial charge in [0.05, 0.1) is 28.9 Å². The minimum Gasteiger partial charge on any atom is -0.444 e. The summed E-state index contributed by atoms with van der Waals surface area (Å²) in [6.07, 6.45) is 14.4. The fourth-order valence-corrected chi connectivity index (χ4v) is 6.43. The maximum absolute atomic E-state index is 13.0. The normalized spacial score (nSPS) is 18.8. The average Bonchev–Trinajstić information content (AvgIpc) is 3.39. The Bertz CT molecular complexity index is 1700. The van der Waals surface area contributed by atoms with Gasteiger partial charge in [0.15, 0.2) is 11.5 Å². The van der Waals surface area contributed by atoms with Gasteiger partial charge in [0.25, 0.3) is 5.91 Å². The highest BCUT2D eigenvalue weighted by Crippen LogP contribution is 2.27. The molecule has 5 heterocycles. The first kappa shape index (κ1) is 34.0. The molecule has 14 heteroatoms. The minimum absolute atomic E-state index is 0.0398. The van der Waals surface area contributed by atoms with E-state index in [2.05, 4.69) is 41.2 Å². The van der Waals surface area contributed by atoms with Gasteiger partial charge in [-0.15, -0.1) is 0 Å². The van der Waals surface area contributed by atoms with Gasteiger partial charge in [-0.05, 0) is 58.2 Å². The molecule has 3 aliphatic rings. The van der Waals surface area contributed by atoms with E-state index >= 15 is 0 Å². The monoisotopic (exact) mass is 671 g/mol. The van der Waals surface area contributed by atoms with Crippen LogP contribution in [0, 0.1) is 5.92 Å². The quantitative estimate of drug-likeness (QED) is 0.248. The molecule has 49 heavy (non-hydrogen) atoms. The maximum atomic E-state index is 13.0. The number of piperazine rings is 1. The van der Waals surface area contributed by atoms with Crippen LogP contribution in [0.5, 0.6) is 0 Å². The van der Waals surface area contributed by atoms with Crippen LogP contribution < -0.4 is 26.2 Å². The van der Waals surface area contributed by atoms with E-state index in [0.717, 1.165) is 34.9 Å². The topological polar surface area (TPSA) is 154 Å². The lowest BCUT2D eigenvalue weighted by molar-refractivity contribution is -0.117. The van der Waals surface area contributed by atoms with Gasteiger partial charge in [-0.3, -0.25) is 4.79 Å². The van der Waals surface area contributed by atoms with Crippen LogP contribution in [-0.2, 0) is 16.6 Å². The summed E-state index contributed by atoms with van der Waals surface area (Å²) in [5, 5.41) is 18.5. The number of dihydropyridines is 1. The molecule has 3 aromatic heterocycles. The molecule has 0 aromatic carbocycles. The van der Waals surface area contributed by atoms with Crippen LogP contribution >= 0.6 is 0 Å². The second kappa shape index (κ2) is 14.7. The van der Waals surface area contributed by atoms with Crippen LogP contribution in [0.3, 0.4) is 0 Å². The van der Waals surface area contributed by atoms with Gasteiger partial charge in [-0.1, -0.05) is 32.1 Å². The average molecular weight is 672 g/mol. The molecule has 0 bridgehead atoms. The number of aryl methyl sites for hydroxylation is 1. The summed E-state index contributed by atoms with van der Waals surface area (Å²) in [7, 11) is 1.84. The third kappa shape index (κ3) is 8.59. The van der Waals surface area contributed by atoms with Gasteiger partial charge in [0.2, 0.25) is 5.95 Å². The van der Waals surface area contributed by atoms with Crippen LogP contribution in [0.1, 0.15) is 66.2 Å². The Morgan fingerprint density at radius 2 is 1.80 bits per heavy atom. The molecule has 1 unspecified atom stereocenters. The molecule has 0 spiro atoms. The number of amides is 2. The molecule has 1 saturated carbocycles. The van der Waals surface area contributed by atoms with Crippen molar-refractivity contribution in [3.05, 3.63) is 48.1 Å². The second-order valence-corrected chi connectivity index (χ2v) is 14.1. The minimum atomic E-state index is -0.512. The SMILES string of the molecule is CC1NC=C(C(=O)NCCC2CCCCC2)C=C1Nc1nn(C)c2nc(Nc3ccc(N4CCN(C(=O)OC(C)(C)C)CC4)nc3)ncc12. The Hall–Kier alpha value is -4.88. The predicted molar refractivity (Wildman–Crippen MR) is 190 cm³/mol. The molecular weight excluding hydrogens is 622 g/mol. The molecule has 262 valence electrons. The van der Waals surface area contributed by atoms with Crippen LogP contribution in [0.15, 0.2) is 48.1 Å². The molecular formula is C35H49N11O3. The number of hydrogen-bond acceptors (Lipinski definition) is 11. The number of carbonyl (C=O) groups excluding carboxylic acids is 2. The summed E-state index contributed by atoms with van der Waals surface area (Å²) in [6.45, 7) is 10.8. The van der Waals surface area contributed by atoms with Crippen LogP contribution in [0.25, 0.3) is 11.0 Å². The van der Waals surface area contributed by atoms with Crippen molar-refractivity contribution in [3.63, 3.8) is 0 Å². The van der Waals surface area contributed by atoms with E-state index in [9.17, 15) is 9.59 Å². The van der Waals surface area contributed by atoms with Crippen molar-refractivity contribution in [2.75, 3.05) is 48.3 Å². The highest BCUT2D eigenvalue weighted by Gasteiger charge is 2.26. The van der Waals surface area contributed by atoms with Crippen molar-refractivity contribution in [2.24, 2.45) is 13.0 Å². The molecule has 0 radical (unpaired) electrons. The van der Waals surface area contributed by atoms with Crippen molar-refractivity contribution in [3.8, 4) is 0 Å². The van der Waals surface area contributed by atoms with Crippen LogP contribution in [0.2, 0.25) is 0 Å². The van der Waals surface area contributed by atoms with Gasteiger partial charge in [0.1, 0.15) is 11.4 Å². The highest BCUT2D eigenvalue weighted by atomic mass is 16.6. The van der Waals surface area contributed by atoms with E-state index in [4.69, 9.17) is 9.72 Å². The van der Waals surface area contributed by atoms with Gasteiger partial charge in [0, 0.05) is 57.9 Å². The van der Waals surface area contributed by atoms with Crippen molar-refractivity contribution < 1.29 is 14.3 Å². The van der Waals surface area contributed by atoms with E-state index in [-0.39, 0.29) is 18.0 Å². The third-order valence-corrected chi connectivity index (χ3v) is 9.19. The van der Waals surface area contributed by atoms with Crippen molar-refractivity contribution in [1.29, 1.82) is 0 Å². The molecule has 1 atom stereocenters. The van der Waals surface area contributed by atoms with E-state index in [1.54, 1.807) is 28.2 Å². The molecule has 2 aliphatic heterocycles. The fraction of sp³-hybridized carbons (Fsp3) is 0.543. The Labute approximate surface area is 287 Å². The fourth-order valence-electron chi connectivity index (χ4n) is 6.43. The van der Waals surface area contributed by atoms with Crippen molar-refractivity contribution >= 4 is 46.3 Å². The Balaban J connectivity index is 1.05. The van der Waals surface area contributed by atoms with Crippen molar-refractivity contribution in [2.45, 2.75) is 77.9 Å². The Morgan fingerprint density at radius 1 is 1.02 bits per heavy atom. The zero-order chi connectivity index (χ0) is 34.5. The molecule has 4 N–H and O–H groups in total. The first-order valence-corrected chi connectivity index (χ1v) is 17.4. The molecule has 2 fully saturated rings. The Kier molecular flexibility index (Phi) is 10.2. The number of carbonyl (C=O) groups is 2. The molecule has 1 saturated heterocycles. The number of hydrogen-bond donors (Lipinski definition) is 4. The summed E-state index contributed by atoms with van der Waals surface area (Å²) in [5.41, 5.74) is 2.30. The first-order chi connectivity index (χ1) is 23.5. The first-order valence-electron chi connectivity index (χ1n) is 17.4. The smallest absolute Gasteiger partial charge is 0.410 e.